The van der Waals surface area contributed by atoms with E-state index in [2.05, 4.69) is 24.6 Å². The van der Waals surface area contributed by atoms with Gasteiger partial charge >= 0.3 is 0 Å². The molecule has 1 atom stereocenters. The van der Waals surface area contributed by atoms with Crippen LogP contribution in [0.5, 0.6) is 0 Å². The van der Waals surface area contributed by atoms with E-state index < -0.39 is 16.1 Å². The van der Waals surface area contributed by atoms with Gasteiger partial charge < -0.3 is 9.88 Å². The lowest BCUT2D eigenvalue weighted by Gasteiger charge is -2.14. The van der Waals surface area contributed by atoms with Crippen LogP contribution in [0.15, 0.2) is 64.7 Å². The monoisotopic (exact) mass is 453 g/mol. The van der Waals surface area contributed by atoms with Gasteiger partial charge in [0.15, 0.2) is 0 Å². The molecule has 4 rings (SSSR count). The molecule has 32 heavy (non-hydrogen) atoms. The predicted molar refractivity (Wildman–Crippen MR) is 124 cm³/mol. The van der Waals surface area contributed by atoms with Crippen LogP contribution in [0.4, 0.5) is 0 Å². The number of fused-ring (bicyclic) bond motifs is 2. The number of aliphatic imine (C=N–C) groups is 1. The van der Waals surface area contributed by atoms with Crippen molar-refractivity contribution in [1.82, 2.24) is 19.6 Å². The number of benzene rings is 2. The van der Waals surface area contributed by atoms with Crippen LogP contribution in [0.25, 0.3) is 11.0 Å². The average molecular weight is 454 g/mol. The molecule has 8 nitrogen and oxygen atoms in total. The molecule has 1 unspecified atom stereocenters. The van der Waals surface area contributed by atoms with Crippen LogP contribution in [0, 0.1) is 0 Å². The van der Waals surface area contributed by atoms with E-state index in [1.807, 2.05) is 37.5 Å². The van der Waals surface area contributed by atoms with Crippen molar-refractivity contribution in [3.05, 3.63) is 60.4 Å². The van der Waals surface area contributed by atoms with E-state index in [-0.39, 0.29) is 16.6 Å². The highest BCUT2D eigenvalue weighted by molar-refractivity contribution is 7.90. The molecule has 3 aromatic rings. The molecular formula is C23H27N5O3S. The quantitative estimate of drug-likeness (QED) is 0.486. The highest BCUT2D eigenvalue weighted by Gasteiger charge is 2.31. The van der Waals surface area contributed by atoms with Gasteiger partial charge in [-0.3, -0.25) is 14.5 Å². The van der Waals surface area contributed by atoms with E-state index in [1.165, 1.54) is 0 Å². The summed E-state index contributed by atoms with van der Waals surface area (Å²) in [6, 6.07) is 14.0. The molecule has 0 saturated carbocycles. The van der Waals surface area contributed by atoms with Crippen molar-refractivity contribution in [2.24, 2.45) is 4.99 Å². The Hall–Kier alpha value is -3.20. The summed E-state index contributed by atoms with van der Waals surface area (Å²) in [6.45, 7) is 3.29. The highest BCUT2D eigenvalue weighted by Crippen LogP contribution is 2.23. The van der Waals surface area contributed by atoms with Gasteiger partial charge in [-0.1, -0.05) is 44.0 Å². The molecule has 0 fully saturated rings. The predicted octanol–water partition coefficient (Wildman–Crippen LogP) is 2.84. The van der Waals surface area contributed by atoms with Crippen LogP contribution < -0.4 is 10.0 Å². The molecule has 2 N–H and O–H groups in total. The Morgan fingerprint density at radius 3 is 2.78 bits per heavy atom. The molecule has 0 bridgehead atoms. The maximum atomic E-state index is 12.9. The standard InChI is InChI=1S/C23H27N5O3S/c1-2-3-10-19(26-22-17-9-4-7-13-21(17)32(30,31)27-22)23(29)24-14-8-15-28-16-25-18-11-5-6-12-20(18)28/h4-7,9,11-13,16,19H,2-3,8,10,14-15H2,1H3,(H,24,29)(H,26,27). The summed E-state index contributed by atoms with van der Waals surface area (Å²) < 4.78 is 29.3. The Bertz CT molecular complexity index is 1250. The number of imidazole rings is 1. The van der Waals surface area contributed by atoms with Crippen LogP contribution in [0.1, 0.15) is 38.2 Å². The van der Waals surface area contributed by atoms with Crippen LogP contribution in [0.2, 0.25) is 0 Å². The van der Waals surface area contributed by atoms with Crippen molar-refractivity contribution < 1.29 is 13.2 Å². The Morgan fingerprint density at radius 2 is 1.94 bits per heavy atom. The number of para-hydroxylation sites is 2. The number of aryl methyl sites for hydroxylation is 1. The Balaban J connectivity index is 1.41. The zero-order valence-corrected chi connectivity index (χ0v) is 18.8. The summed E-state index contributed by atoms with van der Waals surface area (Å²) in [6.07, 6.45) is 4.86. The number of nitrogens with one attached hydrogen (secondary N) is 2. The first-order chi connectivity index (χ1) is 15.5. The third-order valence-electron chi connectivity index (χ3n) is 5.48. The summed E-state index contributed by atoms with van der Waals surface area (Å²) in [7, 11) is -3.63. The zero-order chi connectivity index (χ0) is 22.6. The molecular weight excluding hydrogens is 426 g/mol. The second-order valence-corrected chi connectivity index (χ2v) is 9.46. The molecule has 1 aromatic heterocycles. The number of rotatable bonds is 9. The molecule has 0 aliphatic carbocycles. The number of amides is 1. The number of hydrogen-bond donors (Lipinski definition) is 2. The summed E-state index contributed by atoms with van der Waals surface area (Å²) >= 11 is 0. The van der Waals surface area contributed by atoms with Crippen molar-refractivity contribution in [2.45, 2.75) is 50.1 Å². The Kier molecular flexibility index (Phi) is 6.55. The molecule has 2 heterocycles. The molecule has 9 heteroatoms. The summed E-state index contributed by atoms with van der Waals surface area (Å²) in [5, 5.41) is 2.96. The number of unbranched alkanes of at least 4 members (excludes halogenated alkanes) is 1. The van der Waals surface area contributed by atoms with Gasteiger partial charge in [0.2, 0.25) is 5.91 Å². The van der Waals surface area contributed by atoms with Crippen molar-refractivity contribution in [1.29, 1.82) is 0 Å². The summed E-state index contributed by atoms with van der Waals surface area (Å²) in [5.74, 6) is 0.0479. The lowest BCUT2D eigenvalue weighted by Crippen LogP contribution is -2.36. The summed E-state index contributed by atoms with van der Waals surface area (Å²) in [4.78, 5) is 22.0. The molecule has 1 amide bonds. The smallest absolute Gasteiger partial charge is 0.263 e. The van der Waals surface area contributed by atoms with Gasteiger partial charge in [-0.05, 0) is 37.1 Å². The Labute approximate surface area is 187 Å². The molecule has 168 valence electrons. The molecule has 1 aliphatic rings. The Morgan fingerprint density at radius 1 is 1.16 bits per heavy atom. The third-order valence-corrected chi connectivity index (χ3v) is 6.88. The third kappa shape index (κ3) is 4.67. The number of aromatic nitrogens is 2. The maximum absolute atomic E-state index is 12.9. The van der Waals surface area contributed by atoms with Gasteiger partial charge in [0.1, 0.15) is 11.9 Å². The molecule has 0 spiro atoms. The van der Waals surface area contributed by atoms with E-state index in [0.29, 0.717) is 18.5 Å². The van der Waals surface area contributed by atoms with Gasteiger partial charge in [0.25, 0.3) is 10.0 Å². The zero-order valence-electron chi connectivity index (χ0n) is 18.0. The van der Waals surface area contributed by atoms with Crippen LogP contribution in [0.3, 0.4) is 0 Å². The first kappa shape index (κ1) is 22.0. The van der Waals surface area contributed by atoms with E-state index in [9.17, 15) is 13.2 Å². The van der Waals surface area contributed by atoms with Crippen LogP contribution >= 0.6 is 0 Å². The minimum atomic E-state index is -3.63. The second kappa shape index (κ2) is 9.52. The maximum Gasteiger partial charge on any atom is 0.263 e. The largest absolute Gasteiger partial charge is 0.354 e. The number of sulfonamides is 1. The SMILES string of the molecule is CCCCC(N=C1NS(=O)(=O)c2ccccc21)C(=O)NCCCn1cnc2ccccc21. The van der Waals surface area contributed by atoms with Gasteiger partial charge in [-0.15, -0.1) is 0 Å². The van der Waals surface area contributed by atoms with Crippen LogP contribution in [-0.4, -0.2) is 42.3 Å². The lowest BCUT2D eigenvalue weighted by molar-refractivity contribution is -0.122. The molecule has 1 aliphatic heterocycles. The number of hydrogen-bond acceptors (Lipinski definition) is 5. The van der Waals surface area contributed by atoms with Gasteiger partial charge in [-0.2, -0.15) is 0 Å². The molecule has 0 radical (unpaired) electrons. The van der Waals surface area contributed by atoms with Gasteiger partial charge in [-0.25, -0.2) is 13.4 Å². The lowest BCUT2D eigenvalue weighted by atomic mass is 10.1. The van der Waals surface area contributed by atoms with Crippen molar-refractivity contribution in [3.63, 3.8) is 0 Å². The van der Waals surface area contributed by atoms with E-state index >= 15 is 0 Å². The van der Waals surface area contributed by atoms with Crippen molar-refractivity contribution in [3.8, 4) is 0 Å². The number of nitrogens with zero attached hydrogens (tertiary/aromatic N) is 3. The topological polar surface area (TPSA) is 105 Å². The van der Waals surface area contributed by atoms with E-state index in [1.54, 1.807) is 24.3 Å². The van der Waals surface area contributed by atoms with Crippen LogP contribution in [-0.2, 0) is 21.4 Å². The highest BCUT2D eigenvalue weighted by atomic mass is 32.2. The first-order valence-electron chi connectivity index (χ1n) is 10.9. The van der Waals surface area contributed by atoms with Gasteiger partial charge in [0.05, 0.1) is 22.3 Å². The minimum absolute atomic E-state index is 0.190. The fourth-order valence-electron chi connectivity index (χ4n) is 3.80. The van der Waals surface area contributed by atoms with E-state index in [0.717, 1.165) is 36.8 Å². The number of carbonyl (C=O) groups excluding carboxylic acids is 1. The van der Waals surface area contributed by atoms with Crippen molar-refractivity contribution >= 4 is 32.8 Å². The summed E-state index contributed by atoms with van der Waals surface area (Å²) in [5.41, 5.74) is 2.53. The van der Waals surface area contributed by atoms with E-state index in [4.69, 9.17) is 0 Å². The second-order valence-electron chi connectivity index (χ2n) is 7.81. The normalized spacial score (nSPS) is 16.6. The fraction of sp³-hybridized carbons (Fsp3) is 0.348. The fourth-order valence-corrected chi connectivity index (χ4v) is 5.04. The number of amidine groups is 1. The van der Waals surface area contributed by atoms with Crippen molar-refractivity contribution in [2.75, 3.05) is 6.54 Å². The van der Waals surface area contributed by atoms with Gasteiger partial charge in [0, 0.05) is 18.7 Å². The first-order valence-corrected chi connectivity index (χ1v) is 12.4. The average Bonchev–Trinajstić information content (AvgIpc) is 3.32. The number of carbonyl (C=O) groups is 1. The minimum Gasteiger partial charge on any atom is -0.354 e. The molecule has 2 aromatic carbocycles. The molecule has 0 saturated heterocycles.